The molecular weight excluding hydrogens is 777 g/mol. The van der Waals surface area contributed by atoms with Crippen LogP contribution in [0.15, 0.2) is 255 Å². The number of aromatic nitrogens is 2. The van der Waals surface area contributed by atoms with Gasteiger partial charge in [0.05, 0.1) is 33.4 Å². The van der Waals surface area contributed by atoms with Crippen LogP contribution in [0.25, 0.3) is 77.2 Å². The Bertz CT molecular complexity index is 3510. The number of hydrogen-bond acceptors (Lipinski definition) is 0. The molecule has 0 fully saturated rings. The van der Waals surface area contributed by atoms with Gasteiger partial charge in [-0.05, 0) is 67.8 Å². The summed E-state index contributed by atoms with van der Waals surface area (Å²) in [5.74, 6) is 0. The summed E-state index contributed by atoms with van der Waals surface area (Å²) in [6.45, 7) is 0. The molecule has 296 valence electrons. The fourth-order valence-corrected chi connectivity index (χ4v) is 15.5. The number of nitrogens with zero attached hydrogens (tertiary/aromatic N) is 2. The van der Waals surface area contributed by atoms with Crippen LogP contribution in [0.1, 0.15) is 0 Å². The van der Waals surface area contributed by atoms with Crippen molar-refractivity contribution in [2.24, 2.45) is 0 Å². The third-order valence-corrected chi connectivity index (χ3v) is 17.9. The molecule has 63 heavy (non-hydrogen) atoms. The molecule has 0 bridgehead atoms. The topological polar surface area (TPSA) is 9.86 Å². The number of hydrogen-bond donors (Lipinski definition) is 0. The first kappa shape index (κ1) is 36.8. The Morgan fingerprint density at radius 3 is 1.37 bits per heavy atom. The molecule has 0 aliphatic heterocycles. The minimum Gasteiger partial charge on any atom is -0.309 e. The van der Waals surface area contributed by atoms with Gasteiger partial charge in [0.15, 0.2) is 8.07 Å². The molecule has 0 aliphatic carbocycles. The highest BCUT2D eigenvalue weighted by Gasteiger charge is 2.43. The molecule has 0 unspecified atom stereocenters. The van der Waals surface area contributed by atoms with E-state index in [1.54, 1.807) is 0 Å². The molecule has 3 heteroatoms. The van der Waals surface area contributed by atoms with E-state index in [4.69, 9.17) is 0 Å². The Hall–Kier alpha value is -7.98. The summed E-state index contributed by atoms with van der Waals surface area (Å²) in [4.78, 5) is 0. The zero-order chi connectivity index (χ0) is 41.7. The van der Waals surface area contributed by atoms with Crippen molar-refractivity contribution >= 4 is 72.4 Å². The predicted molar refractivity (Wildman–Crippen MR) is 270 cm³/mol. The summed E-state index contributed by atoms with van der Waals surface area (Å²) in [5, 5.41) is 10.4. The minimum absolute atomic E-state index is 1.15. The molecule has 0 spiro atoms. The lowest BCUT2D eigenvalue weighted by Gasteiger charge is -2.35. The van der Waals surface area contributed by atoms with Gasteiger partial charge in [0.2, 0.25) is 0 Å². The SMILES string of the molecule is c1ccc(-c2ccccc2-c2ccccc2-n2c3ccccc3c3c(-n4c5ccccc5c5cccc([Si](c6ccccc6)(c6ccccc6)c6ccccc6)c54)cccc32)cc1. The number of rotatable bonds is 8. The summed E-state index contributed by atoms with van der Waals surface area (Å²) in [5.41, 5.74) is 11.9. The van der Waals surface area contributed by atoms with Crippen LogP contribution in [-0.2, 0) is 0 Å². The summed E-state index contributed by atoms with van der Waals surface area (Å²) < 4.78 is 5.10. The van der Waals surface area contributed by atoms with Crippen LogP contribution >= 0.6 is 0 Å². The second kappa shape index (κ2) is 15.2. The molecule has 2 heterocycles. The standard InChI is InChI=1S/C60H42N2Si/c1-5-23-43(24-6-1)47-31-13-14-32-48(47)49-33-15-18-37-53(49)61-55-39-20-17-35-52(55)59-56(61)40-22-41-57(59)62-54-38-19-16-34-50(54)51-36-21-42-58(60(51)62)63(44-25-7-2-8-26-44,45-27-9-3-10-28-45)46-29-11-4-12-30-46/h1-42H. The lowest BCUT2D eigenvalue weighted by molar-refractivity contribution is 1.17. The van der Waals surface area contributed by atoms with Crippen molar-refractivity contribution in [3.63, 3.8) is 0 Å². The van der Waals surface area contributed by atoms with Gasteiger partial charge in [-0.3, -0.25) is 0 Å². The lowest BCUT2D eigenvalue weighted by atomic mass is 9.93. The summed E-state index contributed by atoms with van der Waals surface area (Å²) in [6.07, 6.45) is 0. The molecule has 12 aromatic rings. The number of para-hydroxylation sites is 4. The fraction of sp³-hybridized carbons (Fsp3) is 0. The monoisotopic (exact) mass is 818 g/mol. The second-order valence-corrected chi connectivity index (χ2v) is 20.1. The van der Waals surface area contributed by atoms with Crippen LogP contribution < -0.4 is 20.7 Å². The van der Waals surface area contributed by atoms with Gasteiger partial charge in [0.1, 0.15) is 0 Å². The smallest absolute Gasteiger partial charge is 0.181 e. The zero-order valence-electron chi connectivity index (χ0n) is 34.6. The Morgan fingerprint density at radius 2 is 0.714 bits per heavy atom. The van der Waals surface area contributed by atoms with E-state index in [-0.39, 0.29) is 0 Å². The maximum Gasteiger partial charge on any atom is 0.181 e. The van der Waals surface area contributed by atoms with Crippen molar-refractivity contribution in [2.75, 3.05) is 0 Å². The van der Waals surface area contributed by atoms with Gasteiger partial charge in [-0.25, -0.2) is 0 Å². The highest BCUT2D eigenvalue weighted by Crippen LogP contribution is 2.43. The fourth-order valence-electron chi connectivity index (χ4n) is 10.5. The van der Waals surface area contributed by atoms with Gasteiger partial charge in [0.25, 0.3) is 0 Å². The van der Waals surface area contributed by atoms with Crippen LogP contribution in [0.2, 0.25) is 0 Å². The van der Waals surface area contributed by atoms with E-state index in [9.17, 15) is 0 Å². The van der Waals surface area contributed by atoms with Crippen LogP contribution in [0.5, 0.6) is 0 Å². The van der Waals surface area contributed by atoms with Crippen LogP contribution in [-0.4, -0.2) is 17.2 Å². The first-order chi connectivity index (χ1) is 31.3. The minimum atomic E-state index is -2.96. The molecule has 2 aromatic heterocycles. The molecule has 0 saturated carbocycles. The normalized spacial score (nSPS) is 11.8. The van der Waals surface area contributed by atoms with Crippen LogP contribution in [0.3, 0.4) is 0 Å². The van der Waals surface area contributed by atoms with Gasteiger partial charge >= 0.3 is 0 Å². The largest absolute Gasteiger partial charge is 0.309 e. The first-order valence-corrected chi connectivity index (χ1v) is 23.8. The number of fused-ring (bicyclic) bond motifs is 6. The Labute approximate surface area is 368 Å². The molecule has 0 amide bonds. The Morgan fingerprint density at radius 1 is 0.270 bits per heavy atom. The zero-order valence-corrected chi connectivity index (χ0v) is 35.6. The molecule has 0 atom stereocenters. The van der Waals surface area contributed by atoms with Gasteiger partial charge in [0, 0.05) is 27.1 Å². The molecule has 0 radical (unpaired) electrons. The molecule has 2 nitrogen and oxygen atoms in total. The van der Waals surface area contributed by atoms with Crippen LogP contribution in [0, 0.1) is 0 Å². The number of benzene rings is 10. The van der Waals surface area contributed by atoms with Gasteiger partial charge < -0.3 is 9.13 Å². The van der Waals surface area contributed by atoms with E-state index >= 15 is 0 Å². The molecule has 0 aliphatic rings. The van der Waals surface area contributed by atoms with Crippen molar-refractivity contribution in [1.29, 1.82) is 0 Å². The maximum absolute atomic E-state index is 2.96. The van der Waals surface area contributed by atoms with Crippen LogP contribution in [0.4, 0.5) is 0 Å². The van der Waals surface area contributed by atoms with E-state index in [1.165, 1.54) is 92.3 Å². The van der Waals surface area contributed by atoms with E-state index in [2.05, 4.69) is 264 Å². The van der Waals surface area contributed by atoms with E-state index in [1.807, 2.05) is 0 Å². The van der Waals surface area contributed by atoms with Crippen molar-refractivity contribution in [2.45, 2.75) is 0 Å². The summed E-state index contributed by atoms with van der Waals surface area (Å²) in [6, 6.07) is 94.3. The second-order valence-electron chi connectivity index (χ2n) is 16.4. The summed E-state index contributed by atoms with van der Waals surface area (Å²) in [7, 11) is -2.96. The highest BCUT2D eigenvalue weighted by atomic mass is 28.3. The van der Waals surface area contributed by atoms with Gasteiger partial charge in [-0.1, -0.05) is 224 Å². The molecule has 10 aromatic carbocycles. The third-order valence-electron chi connectivity index (χ3n) is 13.1. The summed E-state index contributed by atoms with van der Waals surface area (Å²) >= 11 is 0. The molecular formula is C60H42N2Si. The predicted octanol–water partition coefficient (Wildman–Crippen LogP) is 12.6. The molecule has 12 rings (SSSR count). The maximum atomic E-state index is 2.60. The van der Waals surface area contributed by atoms with Crippen molar-refractivity contribution in [1.82, 2.24) is 9.13 Å². The Kier molecular flexibility index (Phi) is 8.87. The van der Waals surface area contributed by atoms with Gasteiger partial charge in [-0.15, -0.1) is 0 Å². The molecule has 0 N–H and O–H groups in total. The average molecular weight is 819 g/mol. The van der Waals surface area contributed by atoms with E-state index < -0.39 is 8.07 Å². The first-order valence-electron chi connectivity index (χ1n) is 21.8. The van der Waals surface area contributed by atoms with Crippen molar-refractivity contribution in [3.8, 4) is 33.6 Å². The van der Waals surface area contributed by atoms with E-state index in [0.29, 0.717) is 0 Å². The molecule has 0 saturated heterocycles. The van der Waals surface area contributed by atoms with Gasteiger partial charge in [-0.2, -0.15) is 0 Å². The van der Waals surface area contributed by atoms with Crippen molar-refractivity contribution < 1.29 is 0 Å². The van der Waals surface area contributed by atoms with E-state index in [0.717, 1.165) is 5.69 Å². The van der Waals surface area contributed by atoms with Crippen molar-refractivity contribution in [3.05, 3.63) is 255 Å². The highest BCUT2D eigenvalue weighted by molar-refractivity contribution is 7.20. The lowest BCUT2D eigenvalue weighted by Crippen LogP contribution is -2.75. The third kappa shape index (κ3) is 5.71. The average Bonchev–Trinajstić information content (AvgIpc) is 3.89. The quantitative estimate of drug-likeness (QED) is 0.107. The Balaban J connectivity index is 1.21.